The van der Waals surface area contributed by atoms with Crippen molar-refractivity contribution in [1.82, 2.24) is 4.98 Å². The molecule has 144 valence electrons. The SMILES string of the molecule is COc1ccc(-c2cc[n+](CC(=O)c3cccc4ccccc34)cn2)cc1OC. The monoisotopic (exact) mass is 385 g/mol. The number of aromatic nitrogens is 2. The lowest BCUT2D eigenvalue weighted by atomic mass is 10.0. The van der Waals surface area contributed by atoms with E-state index in [0.29, 0.717) is 11.5 Å². The van der Waals surface area contributed by atoms with Gasteiger partial charge in [0.1, 0.15) is 0 Å². The van der Waals surface area contributed by atoms with E-state index in [9.17, 15) is 4.79 Å². The van der Waals surface area contributed by atoms with Gasteiger partial charge < -0.3 is 9.47 Å². The summed E-state index contributed by atoms with van der Waals surface area (Å²) < 4.78 is 12.4. The van der Waals surface area contributed by atoms with Gasteiger partial charge in [-0.15, -0.1) is 0 Å². The zero-order chi connectivity index (χ0) is 20.2. The van der Waals surface area contributed by atoms with Crippen LogP contribution in [0.5, 0.6) is 11.5 Å². The van der Waals surface area contributed by atoms with Crippen LogP contribution in [0, 0.1) is 0 Å². The van der Waals surface area contributed by atoms with E-state index in [1.807, 2.05) is 72.9 Å². The number of hydrogen-bond acceptors (Lipinski definition) is 4. The van der Waals surface area contributed by atoms with Gasteiger partial charge >= 0.3 is 0 Å². The third kappa shape index (κ3) is 3.80. The number of ketones is 1. The van der Waals surface area contributed by atoms with Crippen LogP contribution in [-0.4, -0.2) is 25.0 Å². The minimum absolute atomic E-state index is 0.0486. The lowest BCUT2D eigenvalue weighted by Gasteiger charge is -2.08. The first-order valence-corrected chi connectivity index (χ1v) is 9.28. The highest BCUT2D eigenvalue weighted by Gasteiger charge is 2.15. The van der Waals surface area contributed by atoms with Gasteiger partial charge in [0.25, 0.3) is 6.33 Å². The standard InChI is InChI=1S/C24H21N2O3/c1-28-23-11-10-18(14-24(23)29-2)21-12-13-26(16-25-21)15-22(27)20-9-5-7-17-6-3-4-8-19(17)20/h3-14,16H,15H2,1-2H3/q+1. The van der Waals surface area contributed by atoms with E-state index in [1.54, 1.807) is 25.1 Å². The van der Waals surface area contributed by atoms with Gasteiger partial charge in [0.2, 0.25) is 5.78 Å². The molecule has 1 heterocycles. The fraction of sp³-hybridized carbons (Fsp3) is 0.125. The largest absolute Gasteiger partial charge is 0.493 e. The Morgan fingerprint density at radius 2 is 1.72 bits per heavy atom. The summed E-state index contributed by atoms with van der Waals surface area (Å²) in [4.78, 5) is 17.4. The molecule has 1 aromatic heterocycles. The van der Waals surface area contributed by atoms with E-state index in [4.69, 9.17) is 9.47 Å². The summed E-state index contributed by atoms with van der Waals surface area (Å²) in [7, 11) is 3.21. The smallest absolute Gasteiger partial charge is 0.287 e. The van der Waals surface area contributed by atoms with Crippen molar-refractivity contribution in [3.63, 3.8) is 0 Å². The first-order valence-electron chi connectivity index (χ1n) is 9.28. The zero-order valence-corrected chi connectivity index (χ0v) is 16.3. The van der Waals surface area contributed by atoms with Crippen LogP contribution in [0.15, 0.2) is 79.3 Å². The quantitative estimate of drug-likeness (QED) is 0.371. The number of carbonyl (C=O) groups is 1. The topological polar surface area (TPSA) is 52.3 Å². The number of hydrogen-bond donors (Lipinski definition) is 0. The Morgan fingerprint density at radius 3 is 2.48 bits per heavy atom. The van der Waals surface area contributed by atoms with E-state index < -0.39 is 0 Å². The molecule has 0 fully saturated rings. The fourth-order valence-corrected chi connectivity index (χ4v) is 3.36. The maximum absolute atomic E-state index is 12.9. The molecule has 0 radical (unpaired) electrons. The number of benzene rings is 3. The van der Waals surface area contributed by atoms with Gasteiger partial charge in [-0.3, -0.25) is 4.79 Å². The molecule has 0 atom stereocenters. The Morgan fingerprint density at radius 1 is 0.931 bits per heavy atom. The molecule has 5 nitrogen and oxygen atoms in total. The molecule has 0 bridgehead atoms. The summed E-state index contributed by atoms with van der Waals surface area (Å²) in [5.41, 5.74) is 2.43. The highest BCUT2D eigenvalue weighted by atomic mass is 16.5. The zero-order valence-electron chi connectivity index (χ0n) is 16.3. The van der Waals surface area contributed by atoms with Crippen molar-refractivity contribution < 1.29 is 18.8 Å². The third-order valence-corrected chi connectivity index (χ3v) is 4.86. The average Bonchev–Trinajstić information content (AvgIpc) is 2.78. The molecule has 4 aromatic rings. The molecule has 0 aliphatic rings. The predicted octanol–water partition coefficient (Wildman–Crippen LogP) is 4.09. The summed E-state index contributed by atoms with van der Waals surface area (Å²) >= 11 is 0. The highest BCUT2D eigenvalue weighted by Crippen LogP contribution is 2.31. The van der Waals surface area contributed by atoms with Gasteiger partial charge in [-0.25, -0.2) is 4.57 Å². The van der Waals surface area contributed by atoms with Gasteiger partial charge in [0.15, 0.2) is 23.7 Å². The average molecular weight is 385 g/mol. The Balaban J connectivity index is 1.56. The Hall–Kier alpha value is -3.73. The van der Waals surface area contributed by atoms with E-state index in [1.165, 1.54) is 0 Å². The van der Waals surface area contributed by atoms with Crippen LogP contribution in [0.4, 0.5) is 0 Å². The molecule has 0 aliphatic heterocycles. The second-order valence-corrected chi connectivity index (χ2v) is 6.64. The summed E-state index contributed by atoms with van der Waals surface area (Å²) in [6, 6.07) is 21.3. The van der Waals surface area contributed by atoms with Crippen LogP contribution in [0.25, 0.3) is 22.0 Å². The number of Topliss-reactive ketones (excluding diaryl/α,β-unsaturated/α-hetero) is 1. The van der Waals surface area contributed by atoms with E-state index >= 15 is 0 Å². The van der Waals surface area contributed by atoms with Crippen LogP contribution < -0.4 is 14.0 Å². The maximum Gasteiger partial charge on any atom is 0.287 e. The van der Waals surface area contributed by atoms with Crippen molar-refractivity contribution >= 4 is 16.6 Å². The molecule has 0 amide bonds. The summed E-state index contributed by atoms with van der Waals surface area (Å²) in [5, 5.41) is 2.03. The van der Waals surface area contributed by atoms with Gasteiger partial charge in [-0.05, 0) is 34.0 Å². The van der Waals surface area contributed by atoms with Gasteiger partial charge in [0.05, 0.1) is 20.4 Å². The van der Waals surface area contributed by atoms with Crippen LogP contribution in [-0.2, 0) is 6.54 Å². The molecule has 3 aromatic carbocycles. The normalized spacial score (nSPS) is 10.7. The van der Waals surface area contributed by atoms with Crippen molar-refractivity contribution in [2.45, 2.75) is 6.54 Å². The first-order chi connectivity index (χ1) is 14.2. The number of fused-ring (bicyclic) bond motifs is 1. The van der Waals surface area contributed by atoms with Crippen LogP contribution >= 0.6 is 0 Å². The number of nitrogens with zero attached hydrogens (tertiary/aromatic N) is 2. The molecule has 0 aliphatic carbocycles. The molecule has 29 heavy (non-hydrogen) atoms. The van der Waals surface area contributed by atoms with Gasteiger partial charge in [0, 0.05) is 17.2 Å². The second-order valence-electron chi connectivity index (χ2n) is 6.64. The summed E-state index contributed by atoms with van der Waals surface area (Å²) in [6.45, 7) is 0.229. The predicted molar refractivity (Wildman–Crippen MR) is 111 cm³/mol. The molecule has 0 saturated heterocycles. The van der Waals surface area contributed by atoms with Gasteiger partial charge in [-0.2, -0.15) is 0 Å². The van der Waals surface area contributed by atoms with E-state index in [-0.39, 0.29) is 12.3 Å². The molecule has 0 saturated carbocycles. The van der Waals surface area contributed by atoms with Crippen molar-refractivity contribution in [3.05, 3.63) is 84.8 Å². The molecule has 0 N–H and O–H groups in total. The van der Waals surface area contributed by atoms with Crippen molar-refractivity contribution in [1.29, 1.82) is 0 Å². The Bertz CT molecular complexity index is 1170. The molecular weight excluding hydrogens is 364 g/mol. The number of rotatable bonds is 6. The molecule has 0 unspecified atom stereocenters. The van der Waals surface area contributed by atoms with Crippen molar-refractivity contribution in [2.24, 2.45) is 0 Å². The van der Waals surface area contributed by atoms with Crippen LogP contribution in [0.2, 0.25) is 0 Å². The Labute approximate surface area is 169 Å². The van der Waals surface area contributed by atoms with Gasteiger partial charge in [-0.1, -0.05) is 42.5 Å². The van der Waals surface area contributed by atoms with Crippen LogP contribution in [0.1, 0.15) is 10.4 Å². The molecule has 0 spiro atoms. The highest BCUT2D eigenvalue weighted by molar-refractivity contribution is 6.07. The summed E-state index contributed by atoms with van der Waals surface area (Å²) in [5.74, 6) is 1.37. The lowest BCUT2D eigenvalue weighted by molar-refractivity contribution is -0.686. The number of carbonyl (C=O) groups excluding carboxylic acids is 1. The van der Waals surface area contributed by atoms with Crippen LogP contribution in [0.3, 0.4) is 0 Å². The molecular formula is C24H21N2O3+. The van der Waals surface area contributed by atoms with E-state index in [2.05, 4.69) is 4.98 Å². The second kappa shape index (κ2) is 8.10. The molecule has 4 rings (SSSR count). The van der Waals surface area contributed by atoms with E-state index in [0.717, 1.165) is 27.6 Å². The molecule has 5 heteroatoms. The number of methoxy groups -OCH3 is 2. The Kier molecular flexibility index (Phi) is 5.20. The minimum Gasteiger partial charge on any atom is -0.493 e. The first kappa shape index (κ1) is 18.6. The fourth-order valence-electron chi connectivity index (χ4n) is 3.36. The maximum atomic E-state index is 12.9. The van der Waals surface area contributed by atoms with Crippen molar-refractivity contribution in [3.8, 4) is 22.8 Å². The number of ether oxygens (including phenoxy) is 2. The minimum atomic E-state index is 0.0486. The summed E-state index contributed by atoms with van der Waals surface area (Å²) in [6.07, 6.45) is 3.54. The lowest BCUT2D eigenvalue weighted by Crippen LogP contribution is -2.37. The van der Waals surface area contributed by atoms with Crippen molar-refractivity contribution in [2.75, 3.05) is 14.2 Å². The third-order valence-electron chi connectivity index (χ3n) is 4.86.